The number of hydrogen-bond donors (Lipinski definition) is 4. The molecule has 2 aromatic heterocycles. The molecule has 29 heavy (non-hydrogen) atoms. The maximum absolute atomic E-state index is 12.2. The van der Waals surface area contributed by atoms with E-state index in [9.17, 15) is 9.59 Å². The van der Waals surface area contributed by atoms with Gasteiger partial charge in [-0.2, -0.15) is 5.10 Å². The summed E-state index contributed by atoms with van der Waals surface area (Å²) in [6.07, 6.45) is 4.96. The molecule has 152 valence electrons. The average Bonchev–Trinajstić information content (AvgIpc) is 3.22. The number of piperidine rings is 1. The molecule has 1 atom stereocenters. The Morgan fingerprint density at radius 1 is 1.28 bits per heavy atom. The summed E-state index contributed by atoms with van der Waals surface area (Å²) in [5.41, 5.74) is 6.68. The van der Waals surface area contributed by atoms with Gasteiger partial charge in [0.15, 0.2) is 0 Å². The van der Waals surface area contributed by atoms with Crippen LogP contribution in [-0.2, 0) is 9.59 Å². The van der Waals surface area contributed by atoms with Gasteiger partial charge in [-0.25, -0.2) is 4.98 Å². The zero-order chi connectivity index (χ0) is 20.8. The van der Waals surface area contributed by atoms with Crippen LogP contribution < -0.4 is 11.1 Å². The van der Waals surface area contributed by atoms with Gasteiger partial charge in [-0.05, 0) is 30.9 Å². The molecule has 9 nitrogen and oxygen atoms in total. The average molecular weight is 396 g/mol. The standard InChI is InChI=1S/C14H18N6O2.C6H6O/c1-8-3-2-4-20(7-8)14(22)13(21)18-10-6-16-12(15)9-5-17-19-11(9)10;7-6-4-2-1-3-5-6/h5-6,8H,2-4,7H2,1H3,(H2,15,16)(H,17,19)(H,18,21);1-5,7H. The molecule has 9 heteroatoms. The lowest BCUT2D eigenvalue weighted by Crippen LogP contribution is -2.44. The normalized spacial score (nSPS) is 16.0. The summed E-state index contributed by atoms with van der Waals surface area (Å²) in [6.45, 7) is 3.32. The lowest BCUT2D eigenvalue weighted by Gasteiger charge is -2.30. The first kappa shape index (κ1) is 20.1. The fourth-order valence-electron chi connectivity index (χ4n) is 3.17. The summed E-state index contributed by atoms with van der Waals surface area (Å²) in [4.78, 5) is 30.0. The molecule has 1 saturated heterocycles. The second kappa shape index (κ2) is 9.05. The number of hydrogen-bond acceptors (Lipinski definition) is 6. The molecule has 4 rings (SSSR count). The third-order valence-corrected chi connectivity index (χ3v) is 4.66. The third kappa shape index (κ3) is 5.01. The van der Waals surface area contributed by atoms with Gasteiger partial charge in [0.05, 0.1) is 29.0 Å². The maximum Gasteiger partial charge on any atom is 0.314 e. The number of aromatic hydroxyl groups is 1. The van der Waals surface area contributed by atoms with Crippen LogP contribution in [0.3, 0.4) is 0 Å². The summed E-state index contributed by atoms with van der Waals surface area (Å²) in [7, 11) is 0. The van der Waals surface area contributed by atoms with Gasteiger partial charge >= 0.3 is 11.8 Å². The monoisotopic (exact) mass is 396 g/mol. The number of nitrogens with zero attached hydrogens (tertiary/aromatic N) is 3. The second-order valence-corrected chi connectivity index (χ2v) is 7.00. The molecule has 0 aliphatic carbocycles. The molecule has 1 aliphatic heterocycles. The van der Waals surface area contributed by atoms with Crippen molar-refractivity contribution in [2.75, 3.05) is 24.1 Å². The quantitative estimate of drug-likeness (QED) is 0.465. The first-order valence-electron chi connectivity index (χ1n) is 9.37. The number of para-hydroxylation sites is 1. The number of amides is 2. The predicted octanol–water partition coefficient (Wildman–Crippen LogP) is 2.13. The Morgan fingerprint density at radius 3 is 2.69 bits per heavy atom. The highest BCUT2D eigenvalue weighted by Gasteiger charge is 2.26. The van der Waals surface area contributed by atoms with E-state index in [2.05, 4.69) is 27.4 Å². The molecule has 1 aliphatic rings. The summed E-state index contributed by atoms with van der Waals surface area (Å²) in [6, 6.07) is 8.71. The largest absolute Gasteiger partial charge is 0.508 e. The number of nitrogens with two attached hydrogens (primary N) is 1. The topological polar surface area (TPSA) is 137 Å². The number of carbonyl (C=O) groups is 2. The van der Waals surface area contributed by atoms with E-state index in [1.807, 2.05) is 6.07 Å². The zero-order valence-electron chi connectivity index (χ0n) is 16.1. The number of carbonyl (C=O) groups excluding carboxylic acids is 2. The Bertz CT molecular complexity index is 988. The zero-order valence-corrected chi connectivity index (χ0v) is 16.1. The second-order valence-electron chi connectivity index (χ2n) is 7.00. The van der Waals surface area contributed by atoms with Crippen LogP contribution in [0.5, 0.6) is 5.75 Å². The molecular formula is C20H24N6O3. The number of aromatic amines is 1. The lowest BCUT2D eigenvalue weighted by atomic mass is 10.0. The number of anilines is 2. The molecule has 0 bridgehead atoms. The molecule has 0 saturated carbocycles. The minimum atomic E-state index is -0.670. The Balaban J connectivity index is 0.000000290. The van der Waals surface area contributed by atoms with Crippen molar-refractivity contribution in [2.24, 2.45) is 5.92 Å². The van der Waals surface area contributed by atoms with E-state index in [0.29, 0.717) is 47.2 Å². The van der Waals surface area contributed by atoms with Crippen molar-refractivity contribution in [1.82, 2.24) is 20.1 Å². The highest BCUT2D eigenvalue weighted by molar-refractivity contribution is 6.40. The predicted molar refractivity (Wildman–Crippen MR) is 110 cm³/mol. The molecule has 3 aromatic rings. The van der Waals surface area contributed by atoms with Crippen LogP contribution in [0.15, 0.2) is 42.7 Å². The van der Waals surface area contributed by atoms with Crippen LogP contribution in [0.1, 0.15) is 19.8 Å². The first-order chi connectivity index (χ1) is 14.0. The van der Waals surface area contributed by atoms with Gasteiger partial charge in [0, 0.05) is 13.1 Å². The fourth-order valence-corrected chi connectivity index (χ4v) is 3.17. The van der Waals surface area contributed by atoms with Crippen LogP contribution >= 0.6 is 0 Å². The van der Waals surface area contributed by atoms with Gasteiger partial charge in [0.25, 0.3) is 0 Å². The summed E-state index contributed by atoms with van der Waals surface area (Å²) < 4.78 is 0. The fraction of sp³-hybridized carbons (Fsp3) is 0.300. The van der Waals surface area contributed by atoms with Gasteiger partial charge in [-0.3, -0.25) is 14.7 Å². The Kier molecular flexibility index (Phi) is 6.28. The number of benzene rings is 1. The van der Waals surface area contributed by atoms with Crippen LogP contribution in [0.2, 0.25) is 0 Å². The van der Waals surface area contributed by atoms with E-state index in [4.69, 9.17) is 10.8 Å². The summed E-state index contributed by atoms with van der Waals surface area (Å²) in [5.74, 6) is -0.129. The van der Waals surface area contributed by atoms with Crippen LogP contribution in [0.25, 0.3) is 10.9 Å². The van der Waals surface area contributed by atoms with Gasteiger partial charge < -0.3 is 21.1 Å². The minimum Gasteiger partial charge on any atom is -0.508 e. The van der Waals surface area contributed by atoms with Crippen molar-refractivity contribution >= 4 is 34.2 Å². The van der Waals surface area contributed by atoms with Crippen molar-refractivity contribution < 1.29 is 14.7 Å². The Morgan fingerprint density at radius 2 is 2.03 bits per heavy atom. The smallest absolute Gasteiger partial charge is 0.314 e. The molecule has 0 radical (unpaired) electrons. The summed E-state index contributed by atoms with van der Waals surface area (Å²) in [5, 5.41) is 18.5. The molecule has 3 heterocycles. The number of H-pyrrole nitrogens is 1. The number of phenols is 1. The van der Waals surface area contributed by atoms with E-state index in [1.165, 1.54) is 12.4 Å². The van der Waals surface area contributed by atoms with Crippen molar-refractivity contribution in [3.8, 4) is 5.75 Å². The van der Waals surface area contributed by atoms with Gasteiger partial charge in [-0.1, -0.05) is 25.1 Å². The van der Waals surface area contributed by atoms with Gasteiger partial charge in [0.1, 0.15) is 11.6 Å². The van der Waals surface area contributed by atoms with Crippen LogP contribution in [0.4, 0.5) is 11.5 Å². The van der Waals surface area contributed by atoms with Crippen LogP contribution in [0, 0.1) is 5.92 Å². The number of likely N-dealkylation sites (tertiary alicyclic amines) is 1. The number of pyridine rings is 1. The van der Waals surface area contributed by atoms with Gasteiger partial charge in [0.2, 0.25) is 0 Å². The van der Waals surface area contributed by atoms with Crippen molar-refractivity contribution in [3.05, 3.63) is 42.7 Å². The Hall–Kier alpha value is -3.62. The summed E-state index contributed by atoms with van der Waals surface area (Å²) >= 11 is 0. The maximum atomic E-state index is 12.2. The van der Waals surface area contributed by atoms with Crippen molar-refractivity contribution in [2.45, 2.75) is 19.8 Å². The highest BCUT2D eigenvalue weighted by Crippen LogP contribution is 2.24. The Labute approximate surface area is 167 Å². The molecule has 1 fully saturated rings. The first-order valence-corrected chi connectivity index (χ1v) is 9.37. The number of phenolic OH excluding ortho intramolecular Hbond substituents is 1. The molecule has 2 amide bonds. The molecular weight excluding hydrogens is 372 g/mol. The van der Waals surface area contributed by atoms with E-state index < -0.39 is 11.8 Å². The minimum absolute atomic E-state index is 0.318. The molecule has 1 unspecified atom stereocenters. The SMILES string of the molecule is CC1CCCN(C(=O)C(=O)Nc2cnc(N)c3cn[nH]c23)C1.Oc1ccccc1. The molecule has 0 spiro atoms. The van der Waals surface area contributed by atoms with E-state index >= 15 is 0 Å². The number of nitrogens with one attached hydrogen (secondary N) is 2. The number of nitrogen functional groups attached to an aromatic ring is 1. The molecule has 5 N–H and O–H groups in total. The number of aromatic nitrogens is 3. The number of fused-ring (bicyclic) bond motifs is 1. The van der Waals surface area contributed by atoms with Crippen molar-refractivity contribution in [1.29, 1.82) is 0 Å². The van der Waals surface area contributed by atoms with E-state index in [0.717, 1.165) is 12.8 Å². The third-order valence-electron chi connectivity index (χ3n) is 4.66. The van der Waals surface area contributed by atoms with E-state index in [-0.39, 0.29) is 0 Å². The van der Waals surface area contributed by atoms with Gasteiger partial charge in [-0.15, -0.1) is 0 Å². The number of rotatable bonds is 1. The van der Waals surface area contributed by atoms with Crippen LogP contribution in [-0.4, -0.2) is 50.1 Å². The lowest BCUT2D eigenvalue weighted by molar-refractivity contribution is -0.144. The highest BCUT2D eigenvalue weighted by atomic mass is 16.3. The van der Waals surface area contributed by atoms with Crippen molar-refractivity contribution in [3.63, 3.8) is 0 Å². The molecule has 1 aromatic carbocycles. The van der Waals surface area contributed by atoms with E-state index in [1.54, 1.807) is 29.2 Å².